The average molecular weight is 478 g/mol. The first kappa shape index (κ1) is 23.4. The number of esters is 1. The molecular weight excluding hydrogens is 454 g/mol. The Bertz CT molecular complexity index is 926. The van der Waals surface area contributed by atoms with Crippen LogP contribution in [0.2, 0.25) is 0 Å². The van der Waals surface area contributed by atoms with Gasteiger partial charge >= 0.3 is 5.97 Å². The molecule has 1 unspecified atom stereocenters. The third-order valence-corrected chi connectivity index (χ3v) is 4.72. The SMILES string of the molecule is CCCOc1c(Br)cc(C(=O)OC(C)C(=O)Nc2ccc(C(C)=O)cc2)cc1OC. The summed E-state index contributed by atoms with van der Waals surface area (Å²) in [5.74, 6) is -0.357. The fraction of sp³-hybridized carbons (Fsp3) is 0.318. The summed E-state index contributed by atoms with van der Waals surface area (Å²) in [4.78, 5) is 36.2. The molecule has 1 N–H and O–H groups in total. The summed E-state index contributed by atoms with van der Waals surface area (Å²) in [6.45, 7) is 5.42. The first-order valence-electron chi connectivity index (χ1n) is 9.40. The third-order valence-electron chi connectivity index (χ3n) is 4.13. The van der Waals surface area contributed by atoms with Crippen LogP contribution in [0.4, 0.5) is 5.69 Å². The molecule has 160 valence electrons. The van der Waals surface area contributed by atoms with Crippen LogP contribution in [-0.2, 0) is 9.53 Å². The molecule has 2 aromatic carbocycles. The average Bonchev–Trinajstić information content (AvgIpc) is 2.72. The monoisotopic (exact) mass is 477 g/mol. The van der Waals surface area contributed by atoms with Crippen molar-refractivity contribution in [2.24, 2.45) is 0 Å². The lowest BCUT2D eigenvalue weighted by Crippen LogP contribution is -2.30. The van der Waals surface area contributed by atoms with Crippen LogP contribution in [-0.4, -0.2) is 37.5 Å². The maximum Gasteiger partial charge on any atom is 0.339 e. The van der Waals surface area contributed by atoms with Crippen molar-refractivity contribution in [1.82, 2.24) is 0 Å². The van der Waals surface area contributed by atoms with Gasteiger partial charge in [0.2, 0.25) is 0 Å². The zero-order chi connectivity index (χ0) is 22.3. The maximum absolute atomic E-state index is 12.5. The quantitative estimate of drug-likeness (QED) is 0.418. The Morgan fingerprint density at radius 3 is 2.33 bits per heavy atom. The largest absolute Gasteiger partial charge is 0.493 e. The number of carbonyl (C=O) groups excluding carboxylic acids is 3. The number of ether oxygens (including phenoxy) is 3. The van der Waals surface area contributed by atoms with Gasteiger partial charge in [0, 0.05) is 11.3 Å². The highest BCUT2D eigenvalue weighted by molar-refractivity contribution is 9.10. The molecule has 0 spiro atoms. The van der Waals surface area contributed by atoms with Crippen molar-refractivity contribution in [3.63, 3.8) is 0 Å². The van der Waals surface area contributed by atoms with Crippen LogP contribution in [0.1, 0.15) is 47.9 Å². The fourth-order valence-corrected chi connectivity index (χ4v) is 3.05. The number of rotatable bonds is 9. The molecule has 0 fully saturated rings. The number of benzene rings is 2. The molecule has 0 aliphatic carbocycles. The van der Waals surface area contributed by atoms with Gasteiger partial charge in [-0.05, 0) is 72.6 Å². The van der Waals surface area contributed by atoms with Crippen molar-refractivity contribution in [3.05, 3.63) is 52.0 Å². The molecule has 0 heterocycles. The summed E-state index contributed by atoms with van der Waals surface area (Å²) >= 11 is 3.38. The fourth-order valence-electron chi connectivity index (χ4n) is 2.50. The maximum atomic E-state index is 12.5. The minimum atomic E-state index is -1.04. The number of anilines is 1. The van der Waals surface area contributed by atoms with E-state index < -0.39 is 18.0 Å². The lowest BCUT2D eigenvalue weighted by molar-refractivity contribution is -0.123. The molecule has 0 saturated heterocycles. The van der Waals surface area contributed by atoms with Gasteiger partial charge in [-0.25, -0.2) is 4.79 Å². The van der Waals surface area contributed by atoms with Crippen molar-refractivity contribution < 1.29 is 28.6 Å². The van der Waals surface area contributed by atoms with Crippen molar-refractivity contribution in [3.8, 4) is 11.5 Å². The number of ketones is 1. The Morgan fingerprint density at radius 2 is 1.77 bits per heavy atom. The summed E-state index contributed by atoms with van der Waals surface area (Å²) in [5.41, 5.74) is 1.25. The molecule has 0 saturated carbocycles. The van der Waals surface area contributed by atoms with E-state index in [1.807, 2.05) is 6.92 Å². The Kier molecular flexibility index (Phi) is 8.41. The predicted molar refractivity (Wildman–Crippen MR) is 116 cm³/mol. The van der Waals surface area contributed by atoms with E-state index in [9.17, 15) is 14.4 Å². The smallest absolute Gasteiger partial charge is 0.339 e. The Balaban J connectivity index is 2.06. The Hall–Kier alpha value is -2.87. The molecule has 8 heteroatoms. The molecule has 2 rings (SSSR count). The molecule has 2 aromatic rings. The number of nitrogens with one attached hydrogen (secondary N) is 1. The lowest BCUT2D eigenvalue weighted by Gasteiger charge is -2.16. The van der Waals surface area contributed by atoms with Crippen molar-refractivity contribution >= 4 is 39.3 Å². The minimum Gasteiger partial charge on any atom is -0.493 e. The van der Waals surface area contributed by atoms with Gasteiger partial charge in [-0.2, -0.15) is 0 Å². The third kappa shape index (κ3) is 6.06. The van der Waals surface area contributed by atoms with Crippen molar-refractivity contribution in [2.45, 2.75) is 33.3 Å². The Morgan fingerprint density at radius 1 is 1.10 bits per heavy atom. The molecule has 0 aromatic heterocycles. The highest BCUT2D eigenvalue weighted by atomic mass is 79.9. The molecule has 1 atom stereocenters. The second kappa shape index (κ2) is 10.8. The molecule has 0 bridgehead atoms. The van der Waals surface area contributed by atoms with Gasteiger partial charge < -0.3 is 19.5 Å². The molecule has 0 aliphatic heterocycles. The van der Waals surface area contributed by atoms with Crippen LogP contribution in [0, 0.1) is 0 Å². The number of Topliss-reactive ketones (excluding diaryl/α,β-unsaturated/α-hetero) is 1. The van der Waals surface area contributed by atoms with Crippen LogP contribution in [0.5, 0.6) is 11.5 Å². The molecule has 30 heavy (non-hydrogen) atoms. The van der Waals surface area contributed by atoms with Gasteiger partial charge in [0.1, 0.15) is 0 Å². The standard InChI is InChI=1S/C22H24BrNO6/c1-5-10-29-20-18(23)11-16(12-19(20)28-4)22(27)30-14(3)21(26)24-17-8-6-15(7-9-17)13(2)25/h6-9,11-12,14H,5,10H2,1-4H3,(H,24,26). The van der Waals surface area contributed by atoms with E-state index in [2.05, 4.69) is 21.2 Å². The highest BCUT2D eigenvalue weighted by Crippen LogP contribution is 2.37. The predicted octanol–water partition coefficient (Wildman–Crippen LogP) is 4.63. The number of hydrogen-bond acceptors (Lipinski definition) is 6. The van der Waals surface area contributed by atoms with E-state index >= 15 is 0 Å². The zero-order valence-electron chi connectivity index (χ0n) is 17.3. The highest BCUT2D eigenvalue weighted by Gasteiger charge is 2.22. The van der Waals surface area contributed by atoms with E-state index in [1.54, 1.807) is 30.3 Å². The van der Waals surface area contributed by atoms with Gasteiger partial charge in [-0.3, -0.25) is 9.59 Å². The van der Waals surface area contributed by atoms with Crippen LogP contribution in [0.3, 0.4) is 0 Å². The van der Waals surface area contributed by atoms with E-state index in [0.717, 1.165) is 6.42 Å². The van der Waals surface area contributed by atoms with Gasteiger partial charge in [0.05, 0.1) is 23.8 Å². The van der Waals surface area contributed by atoms with Crippen LogP contribution in [0.25, 0.3) is 0 Å². The summed E-state index contributed by atoms with van der Waals surface area (Å²) < 4.78 is 16.8. The lowest BCUT2D eigenvalue weighted by atomic mass is 10.1. The molecule has 7 nitrogen and oxygen atoms in total. The summed E-state index contributed by atoms with van der Waals surface area (Å²) in [5, 5.41) is 2.65. The van der Waals surface area contributed by atoms with E-state index in [0.29, 0.717) is 33.8 Å². The molecule has 0 radical (unpaired) electrons. The van der Waals surface area contributed by atoms with Gasteiger partial charge in [-0.1, -0.05) is 6.92 Å². The molecule has 1 amide bonds. The number of methoxy groups -OCH3 is 1. The summed E-state index contributed by atoms with van der Waals surface area (Å²) in [6.07, 6.45) is -0.213. The van der Waals surface area contributed by atoms with E-state index in [1.165, 1.54) is 27.0 Å². The number of carbonyl (C=O) groups is 3. The first-order chi connectivity index (χ1) is 14.3. The topological polar surface area (TPSA) is 90.9 Å². The van der Waals surface area contributed by atoms with Gasteiger partial charge in [0.15, 0.2) is 23.4 Å². The number of hydrogen-bond donors (Lipinski definition) is 1. The van der Waals surface area contributed by atoms with Crippen LogP contribution in [0.15, 0.2) is 40.9 Å². The van der Waals surface area contributed by atoms with Crippen LogP contribution < -0.4 is 14.8 Å². The second-order valence-corrected chi connectivity index (χ2v) is 7.36. The number of halogens is 1. The summed E-state index contributed by atoms with van der Waals surface area (Å²) in [6, 6.07) is 9.51. The van der Waals surface area contributed by atoms with E-state index in [4.69, 9.17) is 14.2 Å². The zero-order valence-corrected chi connectivity index (χ0v) is 18.9. The molecular formula is C22H24BrNO6. The minimum absolute atomic E-state index is 0.0668. The first-order valence-corrected chi connectivity index (χ1v) is 10.2. The number of amides is 1. The molecule has 0 aliphatic rings. The Labute approximate surface area is 183 Å². The van der Waals surface area contributed by atoms with Crippen LogP contribution >= 0.6 is 15.9 Å². The van der Waals surface area contributed by atoms with Gasteiger partial charge in [-0.15, -0.1) is 0 Å². The van der Waals surface area contributed by atoms with E-state index in [-0.39, 0.29) is 11.3 Å². The summed E-state index contributed by atoms with van der Waals surface area (Å²) in [7, 11) is 1.48. The van der Waals surface area contributed by atoms with Crippen molar-refractivity contribution in [2.75, 3.05) is 19.0 Å². The normalized spacial score (nSPS) is 11.4. The van der Waals surface area contributed by atoms with Crippen molar-refractivity contribution in [1.29, 1.82) is 0 Å². The second-order valence-electron chi connectivity index (χ2n) is 6.51. The van der Waals surface area contributed by atoms with Gasteiger partial charge in [0.25, 0.3) is 5.91 Å².